The van der Waals surface area contributed by atoms with E-state index in [4.69, 9.17) is 11.6 Å². The second kappa shape index (κ2) is 3.75. The average molecular weight is 216 g/mol. The quantitative estimate of drug-likeness (QED) is 0.812. The number of benzene rings is 1. The van der Waals surface area contributed by atoms with Crippen LogP contribution in [-0.2, 0) is 6.54 Å². The lowest BCUT2D eigenvalue weighted by atomic mass is 10.2. The Bertz CT molecular complexity index is 352. The van der Waals surface area contributed by atoms with Gasteiger partial charge in [0.2, 0.25) is 0 Å². The summed E-state index contributed by atoms with van der Waals surface area (Å²) in [6.45, 7) is 0.466. The van der Waals surface area contributed by atoms with Gasteiger partial charge in [0.15, 0.2) is 11.6 Å². The molecule has 2 nitrogen and oxygen atoms in total. The van der Waals surface area contributed by atoms with Crippen LogP contribution in [0.4, 0.5) is 4.39 Å². The summed E-state index contributed by atoms with van der Waals surface area (Å²) in [7, 11) is 0. The number of rotatable bonds is 3. The van der Waals surface area contributed by atoms with Crippen molar-refractivity contribution in [3.8, 4) is 5.75 Å². The third-order valence-corrected chi connectivity index (χ3v) is 2.48. The number of nitrogens with one attached hydrogen (secondary N) is 1. The summed E-state index contributed by atoms with van der Waals surface area (Å²) in [5, 5.41) is 12.9. The van der Waals surface area contributed by atoms with Gasteiger partial charge in [-0.1, -0.05) is 11.6 Å². The van der Waals surface area contributed by atoms with Gasteiger partial charge in [0.05, 0.1) is 0 Å². The van der Waals surface area contributed by atoms with Crippen LogP contribution in [-0.4, -0.2) is 11.1 Å². The average Bonchev–Trinajstić information content (AvgIpc) is 2.92. The minimum Gasteiger partial charge on any atom is -0.505 e. The maximum absolute atomic E-state index is 13.0. The highest BCUT2D eigenvalue weighted by Crippen LogP contribution is 2.27. The smallest absolute Gasteiger partial charge is 0.166 e. The summed E-state index contributed by atoms with van der Waals surface area (Å²) < 4.78 is 13.0. The molecular weight excluding hydrogens is 205 g/mol. The predicted octanol–water partition coefficient (Wildman–Crippen LogP) is 2.44. The number of halogens is 2. The van der Waals surface area contributed by atoms with Gasteiger partial charge < -0.3 is 10.4 Å². The highest BCUT2D eigenvalue weighted by Gasteiger charge is 2.21. The van der Waals surface area contributed by atoms with E-state index in [0.717, 1.165) is 18.9 Å². The van der Waals surface area contributed by atoms with Crippen LogP contribution >= 0.6 is 11.6 Å². The molecule has 1 aromatic carbocycles. The van der Waals surface area contributed by atoms with Crippen LogP contribution in [0.25, 0.3) is 0 Å². The van der Waals surface area contributed by atoms with Crippen LogP contribution in [0.15, 0.2) is 12.1 Å². The summed E-state index contributed by atoms with van der Waals surface area (Å²) in [5.41, 5.74) is 0.516. The molecule has 0 aliphatic heterocycles. The molecule has 2 N–H and O–H groups in total. The van der Waals surface area contributed by atoms with E-state index in [2.05, 4.69) is 5.32 Å². The zero-order valence-corrected chi connectivity index (χ0v) is 8.31. The summed E-state index contributed by atoms with van der Waals surface area (Å²) in [6.07, 6.45) is 2.31. The molecule has 0 atom stereocenters. The molecule has 0 amide bonds. The van der Waals surface area contributed by atoms with Gasteiger partial charge in [-0.3, -0.25) is 0 Å². The Morgan fingerprint density at radius 3 is 2.86 bits per heavy atom. The summed E-state index contributed by atoms with van der Waals surface area (Å²) >= 11 is 5.67. The highest BCUT2D eigenvalue weighted by atomic mass is 35.5. The molecule has 1 saturated carbocycles. The van der Waals surface area contributed by atoms with Gasteiger partial charge in [0, 0.05) is 23.2 Å². The Morgan fingerprint density at radius 1 is 1.50 bits per heavy atom. The molecule has 0 heterocycles. The highest BCUT2D eigenvalue weighted by molar-refractivity contribution is 6.30. The van der Waals surface area contributed by atoms with E-state index in [9.17, 15) is 9.50 Å². The Labute approximate surface area is 86.7 Å². The minimum absolute atomic E-state index is 0.303. The number of hydrogen-bond acceptors (Lipinski definition) is 2. The molecule has 0 spiro atoms. The van der Waals surface area contributed by atoms with Crippen molar-refractivity contribution in [2.24, 2.45) is 0 Å². The molecule has 1 aliphatic carbocycles. The lowest BCUT2D eigenvalue weighted by molar-refractivity contribution is 0.423. The Kier molecular flexibility index (Phi) is 2.61. The molecule has 0 aromatic heterocycles. The number of aromatic hydroxyl groups is 1. The Balaban J connectivity index is 2.13. The van der Waals surface area contributed by atoms with Gasteiger partial charge >= 0.3 is 0 Å². The molecule has 4 heteroatoms. The molecule has 1 aliphatic rings. The van der Waals surface area contributed by atoms with E-state index in [1.807, 2.05) is 0 Å². The van der Waals surface area contributed by atoms with E-state index >= 15 is 0 Å². The predicted molar refractivity (Wildman–Crippen MR) is 52.9 cm³/mol. The molecule has 0 unspecified atom stereocenters. The van der Waals surface area contributed by atoms with Crippen molar-refractivity contribution in [1.29, 1.82) is 0 Å². The monoisotopic (exact) mass is 215 g/mol. The molecule has 0 bridgehead atoms. The molecule has 0 radical (unpaired) electrons. The molecule has 2 rings (SSSR count). The maximum Gasteiger partial charge on any atom is 0.166 e. The van der Waals surface area contributed by atoms with Crippen molar-refractivity contribution < 1.29 is 9.50 Å². The summed E-state index contributed by atoms with van der Waals surface area (Å²) in [6, 6.07) is 3.21. The van der Waals surface area contributed by atoms with Gasteiger partial charge in [0.25, 0.3) is 0 Å². The van der Waals surface area contributed by atoms with E-state index < -0.39 is 5.82 Å². The number of hydrogen-bond donors (Lipinski definition) is 2. The molecule has 76 valence electrons. The van der Waals surface area contributed by atoms with Crippen LogP contribution in [0.3, 0.4) is 0 Å². The largest absolute Gasteiger partial charge is 0.505 e. The van der Waals surface area contributed by atoms with Crippen molar-refractivity contribution >= 4 is 11.6 Å². The van der Waals surface area contributed by atoms with Crippen molar-refractivity contribution in [3.63, 3.8) is 0 Å². The third kappa shape index (κ3) is 2.16. The summed E-state index contributed by atoms with van der Waals surface area (Å²) in [4.78, 5) is 0. The first-order valence-electron chi connectivity index (χ1n) is 4.57. The first-order valence-corrected chi connectivity index (χ1v) is 4.95. The standard InChI is InChI=1S/C10H11ClFNO/c11-7-3-6(5-13-8-1-2-8)10(14)9(12)4-7/h3-4,8,13-14H,1-2,5H2. The Hall–Kier alpha value is -0.800. The van der Waals surface area contributed by atoms with E-state index in [-0.39, 0.29) is 5.75 Å². The zero-order chi connectivity index (χ0) is 10.1. The lowest BCUT2D eigenvalue weighted by Crippen LogP contribution is -2.15. The van der Waals surface area contributed by atoms with E-state index in [0.29, 0.717) is 23.2 Å². The van der Waals surface area contributed by atoms with Crippen molar-refractivity contribution in [2.75, 3.05) is 0 Å². The molecule has 1 fully saturated rings. The first kappa shape index (κ1) is 9.74. The molecule has 0 saturated heterocycles. The van der Waals surface area contributed by atoms with Gasteiger partial charge in [-0.25, -0.2) is 4.39 Å². The second-order valence-electron chi connectivity index (χ2n) is 3.55. The number of phenols is 1. The third-order valence-electron chi connectivity index (χ3n) is 2.27. The SMILES string of the molecule is Oc1c(F)cc(Cl)cc1CNC1CC1. The van der Waals surface area contributed by atoms with Crippen LogP contribution < -0.4 is 5.32 Å². The molecule has 1 aromatic rings. The van der Waals surface area contributed by atoms with Gasteiger partial charge in [-0.2, -0.15) is 0 Å². The van der Waals surface area contributed by atoms with E-state index in [1.165, 1.54) is 0 Å². The number of phenolic OH excluding ortho intramolecular Hbond substituents is 1. The summed E-state index contributed by atoms with van der Waals surface area (Å²) in [5.74, 6) is -0.965. The fraction of sp³-hybridized carbons (Fsp3) is 0.400. The van der Waals surface area contributed by atoms with Crippen LogP contribution in [0, 0.1) is 5.82 Å². The van der Waals surface area contributed by atoms with Crippen LogP contribution in [0.1, 0.15) is 18.4 Å². The topological polar surface area (TPSA) is 32.3 Å². The zero-order valence-electron chi connectivity index (χ0n) is 7.56. The van der Waals surface area contributed by atoms with Gasteiger partial charge in [-0.05, 0) is 25.0 Å². The Morgan fingerprint density at radius 2 is 2.21 bits per heavy atom. The minimum atomic E-state index is -0.662. The van der Waals surface area contributed by atoms with Gasteiger partial charge in [-0.15, -0.1) is 0 Å². The van der Waals surface area contributed by atoms with Crippen molar-refractivity contribution in [3.05, 3.63) is 28.5 Å². The van der Waals surface area contributed by atoms with Crippen molar-refractivity contribution in [2.45, 2.75) is 25.4 Å². The maximum atomic E-state index is 13.0. The molecular formula is C10H11ClFNO. The second-order valence-corrected chi connectivity index (χ2v) is 3.99. The van der Waals surface area contributed by atoms with Crippen LogP contribution in [0.2, 0.25) is 5.02 Å². The van der Waals surface area contributed by atoms with Gasteiger partial charge in [0.1, 0.15) is 0 Å². The molecule has 14 heavy (non-hydrogen) atoms. The van der Waals surface area contributed by atoms with Crippen LogP contribution in [0.5, 0.6) is 5.75 Å². The first-order chi connectivity index (χ1) is 6.66. The normalized spacial score (nSPS) is 15.9. The fourth-order valence-electron chi connectivity index (χ4n) is 1.30. The fourth-order valence-corrected chi connectivity index (χ4v) is 1.52. The van der Waals surface area contributed by atoms with E-state index in [1.54, 1.807) is 6.07 Å². The van der Waals surface area contributed by atoms with Crippen molar-refractivity contribution in [1.82, 2.24) is 5.32 Å². The lowest BCUT2D eigenvalue weighted by Gasteiger charge is -2.07.